The summed E-state index contributed by atoms with van der Waals surface area (Å²) in [7, 11) is 0. The Kier molecular flexibility index (Phi) is 4.15. The number of phenols is 1. The maximum absolute atomic E-state index is 11.9. The molecule has 0 heterocycles. The molecule has 1 N–H and O–H groups in total. The van der Waals surface area contributed by atoms with Crippen LogP contribution in [0.2, 0.25) is 0 Å². The molecule has 0 unspecified atom stereocenters. The number of aromatic hydroxyl groups is 1. The fraction of sp³-hybridized carbons (Fsp3) is 0.125. The fourth-order valence-electron chi connectivity index (χ4n) is 1.79. The topological polar surface area (TPSA) is 63.6 Å². The minimum atomic E-state index is -0.658. The van der Waals surface area contributed by atoms with Gasteiger partial charge in [0.25, 0.3) is 0 Å². The van der Waals surface area contributed by atoms with Crippen molar-refractivity contribution >= 4 is 11.8 Å². The Labute approximate surface area is 116 Å². The van der Waals surface area contributed by atoms with Crippen LogP contribution in [0.1, 0.15) is 33.2 Å². The van der Waals surface area contributed by atoms with Gasteiger partial charge in [0.05, 0.1) is 5.56 Å². The van der Waals surface area contributed by atoms with Crippen molar-refractivity contribution in [3.63, 3.8) is 0 Å². The highest BCUT2D eigenvalue weighted by atomic mass is 16.5. The smallest absolute Gasteiger partial charge is 0.342 e. The molecule has 0 saturated carbocycles. The fourth-order valence-corrected chi connectivity index (χ4v) is 1.79. The zero-order valence-electron chi connectivity index (χ0n) is 11.0. The number of carbonyl (C=O) groups excluding carboxylic acids is 2. The van der Waals surface area contributed by atoms with Crippen LogP contribution in [0.3, 0.4) is 0 Å². The van der Waals surface area contributed by atoms with Crippen LogP contribution >= 0.6 is 0 Å². The van der Waals surface area contributed by atoms with Crippen LogP contribution in [0.25, 0.3) is 0 Å². The van der Waals surface area contributed by atoms with E-state index in [1.54, 1.807) is 0 Å². The number of hydrogen-bond acceptors (Lipinski definition) is 4. The van der Waals surface area contributed by atoms with Gasteiger partial charge in [-0.15, -0.1) is 0 Å². The molecule has 102 valence electrons. The molecule has 0 fully saturated rings. The molecule has 0 aromatic heterocycles. The Hall–Kier alpha value is -2.62. The standard InChI is InChI=1S/C16H14O4/c1-11(17)13-8-5-9-14(15(13)18)16(19)20-10-12-6-3-2-4-7-12/h2-9,18H,10H2,1H3. The third-order valence-electron chi connectivity index (χ3n) is 2.85. The van der Waals surface area contributed by atoms with Crippen molar-refractivity contribution in [2.24, 2.45) is 0 Å². The van der Waals surface area contributed by atoms with Crippen molar-refractivity contribution in [2.45, 2.75) is 13.5 Å². The van der Waals surface area contributed by atoms with Crippen LogP contribution in [-0.2, 0) is 11.3 Å². The summed E-state index contributed by atoms with van der Waals surface area (Å²) in [6.07, 6.45) is 0. The molecule has 2 rings (SSSR count). The number of rotatable bonds is 4. The number of Topliss-reactive ketones (excluding diaryl/α,β-unsaturated/α-hetero) is 1. The maximum atomic E-state index is 11.9. The summed E-state index contributed by atoms with van der Waals surface area (Å²) in [5.74, 6) is -1.30. The summed E-state index contributed by atoms with van der Waals surface area (Å²) in [4.78, 5) is 23.2. The molecule has 0 radical (unpaired) electrons. The zero-order valence-corrected chi connectivity index (χ0v) is 11.0. The molecule has 0 aliphatic heterocycles. The number of carbonyl (C=O) groups is 2. The summed E-state index contributed by atoms with van der Waals surface area (Å²) >= 11 is 0. The summed E-state index contributed by atoms with van der Waals surface area (Å²) in [6.45, 7) is 1.44. The Balaban J connectivity index is 2.14. The van der Waals surface area contributed by atoms with Gasteiger partial charge in [-0.25, -0.2) is 4.79 Å². The molecule has 0 bridgehead atoms. The Morgan fingerprint density at radius 2 is 1.65 bits per heavy atom. The minimum absolute atomic E-state index is 0.00590. The molecule has 2 aromatic carbocycles. The van der Waals surface area contributed by atoms with Crippen LogP contribution in [0.15, 0.2) is 48.5 Å². The number of benzene rings is 2. The summed E-state index contributed by atoms with van der Waals surface area (Å²) in [5, 5.41) is 9.91. The average Bonchev–Trinajstić information content (AvgIpc) is 2.46. The molecule has 0 aliphatic rings. The van der Waals surface area contributed by atoms with Gasteiger partial charge in [-0.2, -0.15) is 0 Å². The minimum Gasteiger partial charge on any atom is -0.506 e. The second kappa shape index (κ2) is 6.02. The van der Waals surface area contributed by atoms with Crippen molar-refractivity contribution < 1.29 is 19.4 Å². The molecular weight excluding hydrogens is 256 g/mol. The van der Waals surface area contributed by atoms with Crippen molar-refractivity contribution in [3.05, 3.63) is 65.2 Å². The van der Waals surface area contributed by atoms with Gasteiger partial charge in [-0.3, -0.25) is 4.79 Å². The molecule has 20 heavy (non-hydrogen) atoms. The summed E-state index contributed by atoms with van der Waals surface area (Å²) < 4.78 is 5.12. The Morgan fingerprint density at radius 3 is 2.30 bits per heavy atom. The van der Waals surface area contributed by atoms with E-state index in [1.807, 2.05) is 30.3 Å². The van der Waals surface area contributed by atoms with E-state index < -0.39 is 5.97 Å². The Bertz CT molecular complexity index is 632. The van der Waals surface area contributed by atoms with Gasteiger partial charge >= 0.3 is 5.97 Å². The van der Waals surface area contributed by atoms with Gasteiger partial charge < -0.3 is 9.84 Å². The third-order valence-corrected chi connectivity index (χ3v) is 2.85. The van der Waals surface area contributed by atoms with E-state index in [9.17, 15) is 14.7 Å². The van der Waals surface area contributed by atoms with E-state index in [0.717, 1.165) is 5.56 Å². The van der Waals surface area contributed by atoms with Gasteiger partial charge in [-0.05, 0) is 24.6 Å². The third kappa shape index (κ3) is 3.03. The summed E-state index contributed by atoms with van der Waals surface area (Å²) in [6, 6.07) is 13.6. The highest BCUT2D eigenvalue weighted by molar-refractivity contribution is 6.02. The first-order chi connectivity index (χ1) is 9.59. The van der Waals surface area contributed by atoms with E-state index in [4.69, 9.17) is 4.74 Å². The molecular formula is C16H14O4. The van der Waals surface area contributed by atoms with Crippen molar-refractivity contribution in [2.75, 3.05) is 0 Å². The van der Waals surface area contributed by atoms with Crippen LogP contribution in [0, 0.1) is 0 Å². The molecule has 4 heteroatoms. The van der Waals surface area contributed by atoms with E-state index in [2.05, 4.69) is 0 Å². The molecule has 0 saturated heterocycles. The van der Waals surface area contributed by atoms with Gasteiger partial charge in [-0.1, -0.05) is 36.4 Å². The lowest BCUT2D eigenvalue weighted by molar-refractivity contribution is 0.0469. The molecule has 0 spiro atoms. The van der Waals surface area contributed by atoms with Crippen molar-refractivity contribution in [1.82, 2.24) is 0 Å². The number of phenolic OH excluding ortho intramolecular Hbond substituents is 1. The lowest BCUT2D eigenvalue weighted by Gasteiger charge is -2.08. The number of ether oxygens (including phenoxy) is 1. The predicted molar refractivity (Wildman–Crippen MR) is 73.7 cm³/mol. The van der Waals surface area contributed by atoms with E-state index >= 15 is 0 Å². The highest BCUT2D eigenvalue weighted by Crippen LogP contribution is 2.23. The zero-order chi connectivity index (χ0) is 14.5. The molecule has 0 amide bonds. The number of para-hydroxylation sites is 1. The van der Waals surface area contributed by atoms with Crippen molar-refractivity contribution in [1.29, 1.82) is 0 Å². The highest BCUT2D eigenvalue weighted by Gasteiger charge is 2.17. The largest absolute Gasteiger partial charge is 0.506 e. The first kappa shape index (κ1) is 13.8. The van der Waals surface area contributed by atoms with Gasteiger partial charge in [0.15, 0.2) is 5.78 Å². The quantitative estimate of drug-likeness (QED) is 0.685. The number of hydrogen-bond donors (Lipinski definition) is 1. The molecule has 0 atom stereocenters. The van der Waals surface area contributed by atoms with Crippen LogP contribution in [-0.4, -0.2) is 16.9 Å². The second-order valence-corrected chi connectivity index (χ2v) is 4.32. The second-order valence-electron chi connectivity index (χ2n) is 4.32. The SMILES string of the molecule is CC(=O)c1cccc(C(=O)OCc2ccccc2)c1O. The van der Waals surface area contributed by atoms with Crippen LogP contribution in [0.4, 0.5) is 0 Å². The van der Waals surface area contributed by atoms with Gasteiger partial charge in [0.2, 0.25) is 0 Å². The van der Waals surface area contributed by atoms with E-state index in [0.29, 0.717) is 0 Å². The van der Waals surface area contributed by atoms with Gasteiger partial charge in [0.1, 0.15) is 17.9 Å². The monoisotopic (exact) mass is 270 g/mol. The molecule has 0 aliphatic carbocycles. The van der Waals surface area contributed by atoms with Crippen LogP contribution in [0.5, 0.6) is 5.75 Å². The first-order valence-electron chi connectivity index (χ1n) is 6.13. The van der Waals surface area contributed by atoms with Crippen molar-refractivity contribution in [3.8, 4) is 5.75 Å². The summed E-state index contributed by atoms with van der Waals surface area (Å²) in [5.41, 5.74) is 0.954. The van der Waals surface area contributed by atoms with Gasteiger partial charge in [0, 0.05) is 0 Å². The average molecular weight is 270 g/mol. The molecule has 4 nitrogen and oxygen atoms in total. The number of ketones is 1. The predicted octanol–water partition coefficient (Wildman–Crippen LogP) is 2.95. The van der Waals surface area contributed by atoms with E-state index in [-0.39, 0.29) is 29.3 Å². The normalized spacial score (nSPS) is 10.1. The van der Waals surface area contributed by atoms with Crippen LogP contribution < -0.4 is 0 Å². The Morgan fingerprint density at radius 1 is 1.00 bits per heavy atom. The molecule has 2 aromatic rings. The lowest BCUT2D eigenvalue weighted by Crippen LogP contribution is -2.07. The van der Waals surface area contributed by atoms with E-state index in [1.165, 1.54) is 25.1 Å². The number of esters is 1. The first-order valence-corrected chi connectivity index (χ1v) is 6.13. The lowest BCUT2D eigenvalue weighted by atomic mass is 10.1. The maximum Gasteiger partial charge on any atom is 0.342 e.